The molecular formula is C9H7N3O2. The van der Waals surface area contributed by atoms with Crippen molar-refractivity contribution in [3.05, 3.63) is 46.9 Å². The van der Waals surface area contributed by atoms with Crippen LogP contribution in [0, 0.1) is 0 Å². The Hall–Kier alpha value is -2.17. The van der Waals surface area contributed by atoms with Gasteiger partial charge in [-0.05, 0) is 18.2 Å². The molecule has 0 radical (unpaired) electrons. The Balaban J connectivity index is 2.23. The molecule has 0 aliphatic rings. The Kier molecular flexibility index (Phi) is 2.22. The van der Waals surface area contributed by atoms with Crippen LogP contribution in [0.1, 0.15) is 5.76 Å². The van der Waals surface area contributed by atoms with Gasteiger partial charge in [0.05, 0.1) is 12.5 Å². The van der Waals surface area contributed by atoms with Gasteiger partial charge in [-0.25, -0.2) is 14.8 Å². The molecule has 0 atom stereocenters. The summed E-state index contributed by atoms with van der Waals surface area (Å²) < 4.78 is 5.03. The molecule has 2 rings (SSSR count). The average molecular weight is 189 g/mol. The Morgan fingerprint density at radius 2 is 2.43 bits per heavy atom. The monoisotopic (exact) mass is 189 g/mol. The van der Waals surface area contributed by atoms with Crippen molar-refractivity contribution >= 4 is 12.0 Å². The van der Waals surface area contributed by atoms with Crippen molar-refractivity contribution in [3.63, 3.8) is 0 Å². The Bertz CT molecular complexity index is 485. The molecule has 0 spiro atoms. The summed E-state index contributed by atoms with van der Waals surface area (Å²) in [6, 6.07) is 5.13. The number of hydrogen-bond donors (Lipinski definition) is 1. The van der Waals surface area contributed by atoms with Crippen LogP contribution in [0.5, 0.6) is 0 Å². The van der Waals surface area contributed by atoms with Crippen molar-refractivity contribution in [2.75, 3.05) is 0 Å². The summed E-state index contributed by atoms with van der Waals surface area (Å²) in [5.74, 6) is 1.07. The van der Waals surface area contributed by atoms with E-state index < -0.39 is 5.69 Å². The van der Waals surface area contributed by atoms with Crippen LogP contribution in [-0.2, 0) is 0 Å². The first-order valence-corrected chi connectivity index (χ1v) is 3.97. The molecule has 0 bridgehead atoms. The van der Waals surface area contributed by atoms with Crippen LogP contribution in [0.2, 0.25) is 0 Å². The summed E-state index contributed by atoms with van der Waals surface area (Å²) in [5, 5.41) is 0. The zero-order chi connectivity index (χ0) is 9.80. The highest BCUT2D eigenvalue weighted by Crippen LogP contribution is 2.03. The SMILES string of the molecule is O=c1nccc(/N=C/c2ccco2)[nH]1. The molecule has 0 fully saturated rings. The van der Waals surface area contributed by atoms with E-state index >= 15 is 0 Å². The molecule has 5 nitrogen and oxygen atoms in total. The molecule has 2 aromatic heterocycles. The highest BCUT2D eigenvalue weighted by atomic mass is 16.3. The van der Waals surface area contributed by atoms with E-state index in [2.05, 4.69) is 15.0 Å². The van der Waals surface area contributed by atoms with Gasteiger partial charge in [-0.1, -0.05) is 0 Å². The number of hydrogen-bond acceptors (Lipinski definition) is 4. The van der Waals surface area contributed by atoms with Crippen molar-refractivity contribution in [3.8, 4) is 0 Å². The lowest BCUT2D eigenvalue weighted by atomic mass is 10.5. The quantitative estimate of drug-likeness (QED) is 0.719. The summed E-state index contributed by atoms with van der Waals surface area (Å²) in [6.45, 7) is 0. The molecule has 1 N–H and O–H groups in total. The van der Waals surface area contributed by atoms with Crippen LogP contribution < -0.4 is 5.69 Å². The molecule has 0 unspecified atom stereocenters. The van der Waals surface area contributed by atoms with Gasteiger partial charge in [-0.3, -0.25) is 4.98 Å². The summed E-state index contributed by atoms with van der Waals surface area (Å²) in [5.41, 5.74) is -0.418. The van der Waals surface area contributed by atoms with E-state index in [1.807, 2.05) is 0 Å². The van der Waals surface area contributed by atoms with Crippen LogP contribution in [0.25, 0.3) is 0 Å². The van der Waals surface area contributed by atoms with Gasteiger partial charge >= 0.3 is 5.69 Å². The lowest BCUT2D eigenvalue weighted by Crippen LogP contribution is -2.07. The molecule has 0 aliphatic heterocycles. The molecule has 0 aromatic carbocycles. The van der Waals surface area contributed by atoms with E-state index in [9.17, 15) is 4.79 Å². The van der Waals surface area contributed by atoms with E-state index in [0.29, 0.717) is 11.6 Å². The van der Waals surface area contributed by atoms with Crippen LogP contribution in [0.4, 0.5) is 5.82 Å². The molecule has 70 valence electrons. The van der Waals surface area contributed by atoms with Gasteiger partial charge in [0.1, 0.15) is 11.6 Å². The first-order chi connectivity index (χ1) is 6.84. The molecule has 0 saturated carbocycles. The van der Waals surface area contributed by atoms with Gasteiger partial charge in [0.2, 0.25) is 0 Å². The molecule has 0 saturated heterocycles. The Morgan fingerprint density at radius 3 is 3.14 bits per heavy atom. The fourth-order valence-corrected chi connectivity index (χ4v) is 0.932. The number of rotatable bonds is 2. The number of aromatic amines is 1. The van der Waals surface area contributed by atoms with E-state index in [4.69, 9.17) is 4.42 Å². The van der Waals surface area contributed by atoms with Gasteiger partial charge in [0, 0.05) is 6.20 Å². The molecule has 0 amide bonds. The fourth-order valence-electron chi connectivity index (χ4n) is 0.932. The molecule has 14 heavy (non-hydrogen) atoms. The molecule has 5 heteroatoms. The third-order valence-corrected chi connectivity index (χ3v) is 1.53. The largest absolute Gasteiger partial charge is 0.463 e. The van der Waals surface area contributed by atoms with Crippen molar-refractivity contribution in [2.45, 2.75) is 0 Å². The van der Waals surface area contributed by atoms with Crippen molar-refractivity contribution in [2.24, 2.45) is 4.99 Å². The average Bonchev–Trinajstić information content (AvgIpc) is 2.67. The number of nitrogens with zero attached hydrogens (tertiary/aromatic N) is 2. The van der Waals surface area contributed by atoms with Gasteiger partial charge in [0.15, 0.2) is 0 Å². The first kappa shape index (κ1) is 8.43. The van der Waals surface area contributed by atoms with E-state index in [0.717, 1.165) is 0 Å². The molecule has 2 aromatic rings. The lowest BCUT2D eigenvalue weighted by Gasteiger charge is -1.89. The van der Waals surface area contributed by atoms with Crippen molar-refractivity contribution in [1.82, 2.24) is 9.97 Å². The Labute approximate surface area is 79.1 Å². The topological polar surface area (TPSA) is 71.2 Å². The molecule has 0 aliphatic carbocycles. The lowest BCUT2D eigenvalue weighted by molar-refractivity contribution is 0.560. The van der Waals surface area contributed by atoms with E-state index in [-0.39, 0.29) is 0 Å². The normalized spacial score (nSPS) is 10.9. The van der Waals surface area contributed by atoms with Gasteiger partial charge < -0.3 is 4.42 Å². The second kappa shape index (κ2) is 3.69. The number of aromatic nitrogens is 2. The second-order valence-electron chi connectivity index (χ2n) is 2.53. The van der Waals surface area contributed by atoms with E-state index in [1.54, 1.807) is 24.5 Å². The van der Waals surface area contributed by atoms with Gasteiger partial charge in [-0.2, -0.15) is 0 Å². The van der Waals surface area contributed by atoms with Crippen LogP contribution in [0.3, 0.4) is 0 Å². The van der Waals surface area contributed by atoms with Crippen LogP contribution in [-0.4, -0.2) is 16.2 Å². The van der Waals surface area contributed by atoms with Gasteiger partial charge in [0.25, 0.3) is 0 Å². The predicted octanol–water partition coefficient (Wildman–Crippen LogP) is 1.11. The van der Waals surface area contributed by atoms with E-state index in [1.165, 1.54) is 12.4 Å². The maximum Gasteiger partial charge on any atom is 0.346 e. The number of H-pyrrole nitrogens is 1. The maximum atomic E-state index is 10.8. The van der Waals surface area contributed by atoms with Crippen LogP contribution in [0.15, 0.2) is 44.9 Å². The third-order valence-electron chi connectivity index (χ3n) is 1.53. The summed E-state index contributed by atoms with van der Waals surface area (Å²) >= 11 is 0. The first-order valence-electron chi connectivity index (χ1n) is 3.97. The highest BCUT2D eigenvalue weighted by Gasteiger charge is 1.91. The summed E-state index contributed by atoms with van der Waals surface area (Å²) in [4.78, 5) is 20.7. The second-order valence-corrected chi connectivity index (χ2v) is 2.53. The smallest absolute Gasteiger partial charge is 0.346 e. The standard InChI is InChI=1S/C9H7N3O2/c13-9-10-4-3-8(12-9)11-6-7-2-1-5-14-7/h1-6H,(H,10,12,13)/b11-6+. The fraction of sp³-hybridized carbons (Fsp3) is 0. The van der Waals surface area contributed by atoms with Crippen molar-refractivity contribution < 1.29 is 4.42 Å². The predicted molar refractivity (Wildman–Crippen MR) is 50.8 cm³/mol. The third kappa shape index (κ3) is 1.95. The molecule has 2 heterocycles. The molecular weight excluding hydrogens is 182 g/mol. The number of aliphatic imine (C=N–C) groups is 1. The van der Waals surface area contributed by atoms with Crippen molar-refractivity contribution in [1.29, 1.82) is 0 Å². The summed E-state index contributed by atoms with van der Waals surface area (Å²) in [7, 11) is 0. The minimum absolute atomic E-state index is 0.418. The zero-order valence-electron chi connectivity index (χ0n) is 7.18. The Morgan fingerprint density at radius 1 is 1.50 bits per heavy atom. The highest BCUT2D eigenvalue weighted by molar-refractivity contribution is 5.77. The minimum atomic E-state index is -0.418. The maximum absolute atomic E-state index is 10.8. The van der Waals surface area contributed by atoms with Gasteiger partial charge in [-0.15, -0.1) is 0 Å². The number of furan rings is 1. The zero-order valence-corrected chi connectivity index (χ0v) is 7.18. The minimum Gasteiger partial charge on any atom is -0.463 e. The van der Waals surface area contributed by atoms with Crippen LogP contribution >= 0.6 is 0 Å². The number of nitrogens with one attached hydrogen (secondary N) is 1. The summed E-state index contributed by atoms with van der Waals surface area (Å²) in [6.07, 6.45) is 4.47.